The second-order valence-electron chi connectivity index (χ2n) is 13.2. The molecule has 328 valence electrons. The first kappa shape index (κ1) is 45.8. The van der Waals surface area contributed by atoms with E-state index in [1.807, 2.05) is 36.7 Å². The number of pyridine rings is 1. The van der Waals surface area contributed by atoms with Crippen molar-refractivity contribution >= 4 is 38.8 Å². The molecule has 0 aliphatic heterocycles. The van der Waals surface area contributed by atoms with Crippen LogP contribution in [-0.4, -0.2) is 6.15 Å². The van der Waals surface area contributed by atoms with Gasteiger partial charge in [0.05, 0.1) is 0 Å². The Hall–Kier alpha value is -6.68. The number of halogens is 21. The predicted molar refractivity (Wildman–Crippen MR) is 179 cm³/mol. The van der Waals surface area contributed by atoms with E-state index in [1.165, 1.54) is 11.6 Å². The summed E-state index contributed by atoms with van der Waals surface area (Å²) < 4.78 is 309. The molecule has 1 aromatic heterocycles. The van der Waals surface area contributed by atoms with Gasteiger partial charge in [0.15, 0.2) is 88.7 Å². The minimum absolute atomic E-state index is 0.194. The lowest BCUT2D eigenvalue weighted by molar-refractivity contribution is -0.687. The topological polar surface area (TPSA) is 3.88 Å². The van der Waals surface area contributed by atoms with Crippen molar-refractivity contribution in [1.82, 2.24) is 0 Å². The first-order valence-corrected chi connectivity index (χ1v) is 16.9. The fourth-order valence-electron chi connectivity index (χ4n) is 6.97. The van der Waals surface area contributed by atoms with Crippen molar-refractivity contribution in [3.05, 3.63) is 195 Å². The summed E-state index contributed by atoms with van der Waals surface area (Å²) in [5.41, 5.74) is -13.1. The summed E-state index contributed by atoms with van der Waals surface area (Å²) in [5, 5.41) is 1.98. The van der Waals surface area contributed by atoms with Gasteiger partial charge in [-0.1, -0.05) is 36.4 Å². The van der Waals surface area contributed by atoms with Crippen LogP contribution in [0, 0.1) is 122 Å². The lowest BCUT2D eigenvalue weighted by atomic mass is 9.12. The molecule has 0 N–H and O–H groups in total. The highest BCUT2D eigenvalue weighted by Crippen LogP contribution is 2.31. The maximum Gasteiger partial charge on any atom is 0.200 e. The average molecular weight is 917 g/mol. The summed E-state index contributed by atoms with van der Waals surface area (Å²) in [5.74, 6) is -71.6. The quantitative estimate of drug-likeness (QED) is 0.0516. The number of hydrogen-bond acceptors (Lipinski definition) is 0. The van der Waals surface area contributed by atoms with Crippen LogP contribution in [0.1, 0.15) is 5.56 Å². The maximum atomic E-state index is 15.4. The first-order chi connectivity index (χ1) is 29.5. The van der Waals surface area contributed by atoms with Gasteiger partial charge < -0.3 is 0 Å². The summed E-state index contributed by atoms with van der Waals surface area (Å²) in [6, 6.07) is 17.1. The largest absolute Gasteiger partial charge is 0.207 e. The lowest BCUT2D eigenvalue weighted by Crippen LogP contribution is -2.81. The van der Waals surface area contributed by atoms with Gasteiger partial charge in [0.2, 0.25) is 0 Å². The number of hydrogen-bond donors (Lipinski definition) is 0. The number of aromatic nitrogens is 1. The van der Waals surface area contributed by atoms with Crippen molar-refractivity contribution in [1.29, 1.82) is 0 Å². The summed E-state index contributed by atoms with van der Waals surface area (Å²) in [6.45, 7) is 0.799. The number of benzene rings is 6. The van der Waals surface area contributed by atoms with Crippen molar-refractivity contribution in [3.63, 3.8) is 0 Å². The Kier molecular flexibility index (Phi) is 12.3. The molecule has 0 bridgehead atoms. The molecule has 0 atom stereocenters. The zero-order valence-electron chi connectivity index (χ0n) is 30.0. The Labute approximate surface area is 336 Å². The third-order valence-electron chi connectivity index (χ3n) is 9.71. The molecule has 1 heterocycles. The molecule has 0 saturated carbocycles. The molecule has 23 heteroatoms. The van der Waals surface area contributed by atoms with Crippen molar-refractivity contribution in [2.45, 2.75) is 6.54 Å². The van der Waals surface area contributed by atoms with Crippen LogP contribution in [0.25, 0.3) is 10.8 Å². The van der Waals surface area contributed by atoms with Crippen molar-refractivity contribution in [2.24, 2.45) is 0 Å². The summed E-state index contributed by atoms with van der Waals surface area (Å²) in [4.78, 5) is 0. The highest BCUT2D eigenvalue weighted by Gasteiger charge is 2.52. The van der Waals surface area contributed by atoms with Gasteiger partial charge in [-0.15, -0.1) is 21.9 Å². The minimum Gasteiger partial charge on any atom is -0.207 e. The maximum absolute atomic E-state index is 15.4. The standard InChI is InChI=1S/C24BF20.C16H13FN/c26-5-1(6(27)14(35)21(42)13(5)34)25(2-7(28)15(36)22(43)16(37)8(2)29,3-9(30)17(38)23(44)18(39)10(3)31)4-11(32)19(40)24(45)20(41)12(4)33;17-16-7-6-14-8-9-18(12-15(14)10-16)11-13-4-2-1-3-5-13/h;1-10,12H,11H2/q-1;+1. The molecular formula is C40H13BF21N. The van der Waals surface area contributed by atoms with E-state index in [1.54, 1.807) is 12.1 Å². The second-order valence-corrected chi connectivity index (χ2v) is 13.2. The van der Waals surface area contributed by atoms with Gasteiger partial charge in [-0.2, -0.15) is 0 Å². The Bertz CT molecular complexity index is 2610. The van der Waals surface area contributed by atoms with E-state index < -0.39 is 144 Å². The third-order valence-corrected chi connectivity index (χ3v) is 9.71. The Morgan fingerprint density at radius 3 is 0.937 bits per heavy atom. The highest BCUT2D eigenvalue weighted by molar-refractivity contribution is 7.20. The smallest absolute Gasteiger partial charge is 0.200 e. The van der Waals surface area contributed by atoms with Crippen LogP contribution in [0.4, 0.5) is 92.2 Å². The molecular weight excluding hydrogens is 904 g/mol. The fourth-order valence-corrected chi connectivity index (χ4v) is 6.97. The second kappa shape index (κ2) is 16.9. The zero-order chi connectivity index (χ0) is 46.7. The number of fused-ring (bicyclic) bond motifs is 1. The first-order valence-electron chi connectivity index (χ1n) is 16.9. The van der Waals surface area contributed by atoms with Crippen LogP contribution in [-0.2, 0) is 6.54 Å². The summed E-state index contributed by atoms with van der Waals surface area (Å²) in [6.07, 6.45) is -3.22. The molecule has 0 aliphatic rings. The van der Waals surface area contributed by atoms with Crippen molar-refractivity contribution < 1.29 is 96.8 Å². The Morgan fingerprint density at radius 1 is 0.317 bits per heavy atom. The molecule has 63 heavy (non-hydrogen) atoms. The van der Waals surface area contributed by atoms with E-state index in [4.69, 9.17) is 0 Å². The van der Waals surface area contributed by atoms with Crippen LogP contribution < -0.4 is 26.4 Å². The highest BCUT2D eigenvalue weighted by atomic mass is 19.2. The Balaban J connectivity index is 0.000000302. The Morgan fingerprint density at radius 2 is 0.619 bits per heavy atom. The molecule has 0 aliphatic carbocycles. The van der Waals surface area contributed by atoms with E-state index >= 15 is 35.1 Å². The van der Waals surface area contributed by atoms with Crippen LogP contribution in [0.2, 0.25) is 0 Å². The van der Waals surface area contributed by atoms with Gasteiger partial charge in [-0.05, 0) is 17.5 Å². The summed E-state index contributed by atoms with van der Waals surface area (Å²) in [7, 11) is 0. The van der Waals surface area contributed by atoms with E-state index in [9.17, 15) is 57.1 Å². The molecule has 0 spiro atoms. The van der Waals surface area contributed by atoms with E-state index in [0.717, 1.165) is 17.3 Å². The van der Waals surface area contributed by atoms with E-state index in [2.05, 4.69) is 16.7 Å². The van der Waals surface area contributed by atoms with Crippen molar-refractivity contribution in [3.8, 4) is 0 Å². The molecule has 0 saturated heterocycles. The summed E-state index contributed by atoms with van der Waals surface area (Å²) >= 11 is 0. The fraction of sp³-hybridized carbons (Fsp3) is 0.0250. The molecule has 7 aromatic rings. The molecule has 0 fully saturated rings. The SMILES string of the molecule is Fc1c(F)c(F)c([B-](c2c(F)c(F)c(F)c(F)c2F)(c2c(F)c(F)c(F)c(F)c2F)c2c(F)c(F)c(F)c(F)c2F)c(F)c1F.Fc1ccc2cc[n+](Cc3ccccc3)cc2c1. The minimum atomic E-state index is -7.22. The normalized spacial score (nSPS) is 11.6. The third kappa shape index (κ3) is 7.25. The molecule has 7 rings (SSSR count). The predicted octanol–water partition coefficient (Wildman–Crippen LogP) is 9.16. The van der Waals surface area contributed by atoms with Gasteiger partial charge in [-0.3, -0.25) is 0 Å². The van der Waals surface area contributed by atoms with E-state index in [0.29, 0.717) is 0 Å². The molecule has 0 amide bonds. The van der Waals surface area contributed by atoms with Crippen LogP contribution in [0.5, 0.6) is 0 Å². The van der Waals surface area contributed by atoms with Gasteiger partial charge in [0.1, 0.15) is 58.5 Å². The van der Waals surface area contributed by atoms with Gasteiger partial charge >= 0.3 is 0 Å². The monoisotopic (exact) mass is 917 g/mol. The van der Waals surface area contributed by atoms with Crippen LogP contribution >= 0.6 is 0 Å². The zero-order valence-corrected chi connectivity index (χ0v) is 30.0. The van der Waals surface area contributed by atoms with Crippen LogP contribution in [0.3, 0.4) is 0 Å². The van der Waals surface area contributed by atoms with Gasteiger partial charge in [0.25, 0.3) is 0 Å². The number of nitrogens with zero attached hydrogens (tertiary/aromatic N) is 1. The lowest BCUT2D eigenvalue weighted by Gasteiger charge is -2.44. The molecule has 0 radical (unpaired) electrons. The number of rotatable bonds is 6. The molecule has 1 nitrogen and oxygen atoms in total. The van der Waals surface area contributed by atoms with Crippen LogP contribution in [0.15, 0.2) is 67.0 Å². The molecule has 0 unspecified atom stereocenters. The molecule has 6 aromatic carbocycles. The van der Waals surface area contributed by atoms with Gasteiger partial charge in [0, 0.05) is 17.0 Å². The van der Waals surface area contributed by atoms with E-state index in [-0.39, 0.29) is 5.82 Å². The average Bonchev–Trinajstić information content (AvgIpc) is 3.26. The van der Waals surface area contributed by atoms with Crippen molar-refractivity contribution in [2.75, 3.05) is 0 Å². The van der Waals surface area contributed by atoms with Gasteiger partial charge in [-0.25, -0.2) is 96.8 Å².